The number of nitrogens with zero attached hydrogens (tertiary/aromatic N) is 8. The van der Waals surface area contributed by atoms with Crippen LogP contribution in [0, 0.1) is 35.5 Å². The Balaban J connectivity index is 4.58. The van der Waals surface area contributed by atoms with E-state index >= 15 is 33.6 Å². The van der Waals surface area contributed by atoms with Gasteiger partial charge in [0.25, 0.3) is 0 Å². The van der Waals surface area contributed by atoms with E-state index in [0.717, 1.165) is 35.9 Å². The van der Waals surface area contributed by atoms with E-state index < -0.39 is 161 Å². The minimum absolute atomic E-state index is 0.0237. The minimum Gasteiger partial charge on any atom is -0.390 e. The number of carbonyl (C=O) groups is 11. The Morgan fingerprint density at radius 2 is 0.948 bits per heavy atom. The average Bonchev–Trinajstić information content (AvgIpc) is 0.829. The summed E-state index contributed by atoms with van der Waals surface area (Å²) in [5, 5.41) is 34.8. The lowest BCUT2D eigenvalue weighted by molar-refractivity contribution is -0.157. The molecule has 1 heterocycles. The second kappa shape index (κ2) is 40.9. The van der Waals surface area contributed by atoms with Gasteiger partial charge in [-0.15, -0.1) is 0 Å². The smallest absolute Gasteiger partial charge is 0.246 e. The highest BCUT2D eigenvalue weighted by molar-refractivity contribution is 7.99. The summed E-state index contributed by atoms with van der Waals surface area (Å²) in [6.07, 6.45) is 3.12. The van der Waals surface area contributed by atoms with Crippen molar-refractivity contribution < 1.29 is 63.0 Å². The van der Waals surface area contributed by atoms with Gasteiger partial charge in [0.2, 0.25) is 65.0 Å². The van der Waals surface area contributed by atoms with Crippen molar-refractivity contribution in [3.05, 3.63) is 12.2 Å². The number of amides is 11. The molecule has 0 aromatic carbocycles. The molecule has 552 valence electrons. The maximum absolute atomic E-state index is 15.4. The number of nitrogens with one attached hydrogen (secondary N) is 4. The van der Waals surface area contributed by atoms with Crippen molar-refractivity contribution in [3.8, 4) is 0 Å². The molecular weight excluding hydrogens is 1250 g/mol. The Bertz CT molecular complexity index is 2600. The molecule has 0 aliphatic carbocycles. The number of allylic oxidation sites excluding steroid dienone is 2. The van der Waals surface area contributed by atoms with Crippen LogP contribution >= 0.6 is 11.8 Å². The molecule has 0 aromatic rings. The van der Waals surface area contributed by atoms with Gasteiger partial charge in [0.15, 0.2) is 0 Å². The van der Waals surface area contributed by atoms with E-state index in [2.05, 4.69) is 40.0 Å². The van der Waals surface area contributed by atoms with Crippen LogP contribution in [0.2, 0.25) is 0 Å². The third-order valence-corrected chi connectivity index (χ3v) is 19.4. The number of aliphatic hydroxyl groups is 2. The quantitative estimate of drug-likeness (QED) is 0.0617. The molecule has 0 aromatic heterocycles. The Morgan fingerprint density at radius 3 is 1.42 bits per heavy atom. The molecule has 13 atom stereocenters. The van der Waals surface area contributed by atoms with Crippen molar-refractivity contribution in [3.63, 3.8) is 0 Å². The van der Waals surface area contributed by atoms with Crippen LogP contribution in [0.15, 0.2) is 12.2 Å². The van der Waals surface area contributed by atoms with Gasteiger partial charge in [0.05, 0.1) is 11.7 Å². The summed E-state index contributed by atoms with van der Waals surface area (Å²) < 4.78 is 0. The molecule has 0 bridgehead atoms. The van der Waals surface area contributed by atoms with Gasteiger partial charge in [-0.25, -0.2) is 0 Å². The highest BCUT2D eigenvalue weighted by Crippen LogP contribution is 2.27. The van der Waals surface area contributed by atoms with E-state index in [1.54, 1.807) is 54.5 Å². The molecule has 25 nitrogen and oxygen atoms in total. The van der Waals surface area contributed by atoms with Crippen molar-refractivity contribution in [1.82, 2.24) is 60.5 Å². The maximum Gasteiger partial charge on any atom is 0.246 e. The van der Waals surface area contributed by atoms with Crippen molar-refractivity contribution in [2.24, 2.45) is 35.5 Å². The number of rotatable bonds is 23. The molecule has 1 rings (SSSR count). The first-order chi connectivity index (χ1) is 44.4. The van der Waals surface area contributed by atoms with E-state index in [4.69, 9.17) is 0 Å². The molecule has 1 fully saturated rings. The van der Waals surface area contributed by atoms with Crippen molar-refractivity contribution in [2.45, 2.75) is 255 Å². The first kappa shape index (κ1) is 88.2. The molecule has 11 amide bonds. The second-order valence-corrected chi connectivity index (χ2v) is 30.3. The summed E-state index contributed by atoms with van der Waals surface area (Å²) in [6, 6.07) is -14.4. The van der Waals surface area contributed by atoms with Crippen molar-refractivity contribution >= 4 is 76.7 Å². The lowest BCUT2D eigenvalue weighted by Gasteiger charge is -2.41. The zero-order valence-corrected chi connectivity index (χ0v) is 64.2. The normalized spacial score (nSPS) is 26.2. The Hall–Kier alpha value is -5.86. The molecule has 96 heavy (non-hydrogen) atoms. The minimum atomic E-state index is -1.66. The van der Waals surface area contributed by atoms with Gasteiger partial charge in [-0.3, -0.25) is 52.7 Å². The number of aliphatic hydroxyl groups excluding tert-OH is 1. The van der Waals surface area contributed by atoms with Gasteiger partial charge in [-0.1, -0.05) is 109 Å². The van der Waals surface area contributed by atoms with E-state index in [-0.39, 0.29) is 62.0 Å². The lowest BCUT2D eigenvalue weighted by Crippen LogP contribution is -2.64. The van der Waals surface area contributed by atoms with E-state index in [1.165, 1.54) is 113 Å². The van der Waals surface area contributed by atoms with Crippen LogP contribution in [0.25, 0.3) is 0 Å². The zero-order chi connectivity index (χ0) is 74.3. The number of thioether (sulfide) groups is 1. The van der Waals surface area contributed by atoms with Crippen LogP contribution in [0.4, 0.5) is 0 Å². The molecule has 1 aliphatic heterocycles. The SMILES string of the molecule is C/C=C/C[C@@H](C)[C@@H](O)[C@H]1C(=O)N[C@@H](CC)C(=O)N(C)[C@H](CSCCCN(CC)CC)C(=O)N(C)[C@@H](CC(C)(C)O)C(=O)N[C@@H](C(C)C)C(=O)N(C)[C@@H](CC(C)C)C(=O)N[C@@H](C)C(=O)N[C@H](C)C(=O)N(C)[C@@H](CC(C)C)C(=O)N(C)[C@@H](CC(C)C)C(=O)N(C)[C@@H](C(C)C)C(=O)N1C. The number of carbonyl (C=O) groups excluding carboxylic acids is 11. The van der Waals surface area contributed by atoms with E-state index in [9.17, 15) is 29.4 Å². The predicted molar refractivity (Wildman–Crippen MR) is 379 cm³/mol. The Morgan fingerprint density at radius 1 is 0.510 bits per heavy atom. The fourth-order valence-electron chi connectivity index (χ4n) is 12.1. The third-order valence-electron chi connectivity index (χ3n) is 18.3. The zero-order valence-electron chi connectivity index (χ0n) is 63.4. The fraction of sp³-hybridized carbons (Fsp3) is 0.814. The monoisotopic (exact) mass is 1380 g/mol. The molecule has 0 radical (unpaired) electrons. The lowest BCUT2D eigenvalue weighted by atomic mass is 9.91. The topological polar surface area (TPSA) is 302 Å². The van der Waals surface area contributed by atoms with Gasteiger partial charge >= 0.3 is 0 Å². The van der Waals surface area contributed by atoms with Crippen LogP contribution in [0.1, 0.15) is 176 Å². The number of likely N-dealkylation sites (N-methyl/N-ethyl adjacent to an activating group) is 7. The molecule has 0 saturated carbocycles. The Kier molecular flexibility index (Phi) is 37.5. The van der Waals surface area contributed by atoms with Gasteiger partial charge in [0.1, 0.15) is 66.5 Å². The van der Waals surface area contributed by atoms with E-state index in [1.807, 2.05) is 47.6 Å². The maximum atomic E-state index is 15.4. The van der Waals surface area contributed by atoms with Crippen molar-refractivity contribution in [2.75, 3.05) is 80.5 Å². The first-order valence-corrected chi connectivity index (χ1v) is 36.0. The molecular formula is C70H128N12O13S. The van der Waals surface area contributed by atoms with Crippen LogP contribution in [-0.4, -0.2) is 273 Å². The van der Waals surface area contributed by atoms with Crippen molar-refractivity contribution in [1.29, 1.82) is 0 Å². The molecule has 0 unspecified atom stereocenters. The standard InChI is InChI=1S/C70H128N12O13S/c1-27-31-33-46(15)58(83)57-62(87)73-49(28-2)64(89)79(24)54(40-96-35-32-34-82(29-3)30-4)67(92)78(23)53(39-70(18,19)95)61(86)74-55(44(11)12)68(93)75(20)50(36-41(5)6)60(85)71-47(16)59(84)72-48(17)63(88)76(21)51(37-42(7)8)65(90)77(22)52(38-43(9)10)66(91)80(25)56(45(13)14)69(94)81(57)26/h27,31,41-58,83,95H,28-30,32-40H2,1-26H3,(H,71,85)(H,72,84)(H,73,87)(H,74,86)/b31-27+/t46-,47+,48-,49+,50+,51+,52+,53+,54-,55+,56+,57+,58-/m1/s1. The van der Waals surface area contributed by atoms with Crippen LogP contribution in [0.5, 0.6) is 0 Å². The van der Waals surface area contributed by atoms with Crippen LogP contribution < -0.4 is 21.3 Å². The largest absolute Gasteiger partial charge is 0.390 e. The van der Waals surface area contributed by atoms with Gasteiger partial charge in [-0.2, -0.15) is 11.8 Å². The summed E-state index contributed by atoms with van der Waals surface area (Å²) in [4.78, 5) is 175. The molecule has 6 N–H and O–H groups in total. The molecule has 0 spiro atoms. The van der Waals surface area contributed by atoms with Crippen LogP contribution in [0.3, 0.4) is 0 Å². The summed E-state index contributed by atoms with van der Waals surface area (Å²) in [6.45, 7) is 35.6. The number of hydrogen-bond donors (Lipinski definition) is 6. The first-order valence-electron chi connectivity index (χ1n) is 34.8. The summed E-state index contributed by atoms with van der Waals surface area (Å²) >= 11 is 1.41. The fourth-order valence-corrected chi connectivity index (χ4v) is 13.2. The Labute approximate surface area is 580 Å². The second-order valence-electron chi connectivity index (χ2n) is 29.2. The highest BCUT2D eigenvalue weighted by atomic mass is 32.2. The van der Waals surface area contributed by atoms with Gasteiger partial charge in [-0.05, 0) is 134 Å². The predicted octanol–water partition coefficient (Wildman–Crippen LogP) is 4.22. The summed E-state index contributed by atoms with van der Waals surface area (Å²) in [5.74, 6) is -9.63. The van der Waals surface area contributed by atoms with Gasteiger partial charge < -0.3 is 70.7 Å². The molecule has 1 saturated heterocycles. The molecule has 1 aliphatic rings. The molecule has 26 heteroatoms. The highest BCUT2D eigenvalue weighted by Gasteiger charge is 2.47. The van der Waals surface area contributed by atoms with Crippen LogP contribution in [-0.2, 0) is 52.7 Å². The van der Waals surface area contributed by atoms with Gasteiger partial charge in [0, 0.05) is 61.5 Å². The number of hydrogen-bond acceptors (Lipinski definition) is 15. The summed E-state index contributed by atoms with van der Waals surface area (Å²) in [5.41, 5.74) is -1.58. The summed E-state index contributed by atoms with van der Waals surface area (Å²) in [7, 11) is 9.91. The third kappa shape index (κ3) is 25.8. The average molecular weight is 1380 g/mol. The van der Waals surface area contributed by atoms with E-state index in [0.29, 0.717) is 5.75 Å².